The third kappa shape index (κ3) is 11.5. The van der Waals surface area contributed by atoms with Gasteiger partial charge >= 0.3 is 12.4 Å². The summed E-state index contributed by atoms with van der Waals surface area (Å²) in [6, 6.07) is -0.849. The van der Waals surface area contributed by atoms with E-state index in [9.17, 15) is 26.3 Å². The van der Waals surface area contributed by atoms with Crippen LogP contribution in [-0.2, 0) is 0 Å². The van der Waals surface area contributed by atoms with Crippen LogP contribution in [0.25, 0.3) is 0 Å². The fraction of sp³-hybridized carbons (Fsp3) is 1.00. The minimum Gasteiger partial charge on any atom is -0.314 e. The van der Waals surface area contributed by atoms with Crippen LogP contribution in [0.15, 0.2) is 0 Å². The molecule has 0 aromatic carbocycles. The normalized spacial score (nSPS) is 15.4. The number of alkyl halides is 6. The number of rotatable bonds is 5. The highest BCUT2D eigenvalue weighted by Gasteiger charge is 2.30. The lowest BCUT2D eigenvalue weighted by molar-refractivity contribution is -0.141. The molecule has 92 valence electrons. The molecule has 0 aliphatic rings. The van der Waals surface area contributed by atoms with Crippen LogP contribution in [0.3, 0.4) is 0 Å². The average molecular weight is 237 g/mol. The molecule has 0 aliphatic heterocycles. The molecular formula is C8H13F6N. The largest absolute Gasteiger partial charge is 0.390 e. The van der Waals surface area contributed by atoms with Gasteiger partial charge < -0.3 is 5.32 Å². The topological polar surface area (TPSA) is 12.0 Å². The van der Waals surface area contributed by atoms with E-state index in [0.29, 0.717) is 0 Å². The fourth-order valence-electron chi connectivity index (χ4n) is 1.06. The van der Waals surface area contributed by atoms with E-state index in [-0.39, 0.29) is 13.0 Å². The van der Waals surface area contributed by atoms with Crippen LogP contribution in [0, 0.1) is 0 Å². The van der Waals surface area contributed by atoms with E-state index in [1.54, 1.807) is 0 Å². The van der Waals surface area contributed by atoms with Gasteiger partial charge in [0.05, 0.1) is 6.42 Å². The number of hydrogen-bond donors (Lipinski definition) is 1. The molecule has 0 saturated carbocycles. The van der Waals surface area contributed by atoms with Crippen molar-refractivity contribution in [2.45, 2.75) is 44.6 Å². The van der Waals surface area contributed by atoms with Gasteiger partial charge in [0.25, 0.3) is 0 Å². The van der Waals surface area contributed by atoms with Gasteiger partial charge in [-0.05, 0) is 19.9 Å². The lowest BCUT2D eigenvalue weighted by Crippen LogP contribution is -2.32. The van der Waals surface area contributed by atoms with Crippen molar-refractivity contribution in [1.82, 2.24) is 5.32 Å². The van der Waals surface area contributed by atoms with Gasteiger partial charge in [0.15, 0.2) is 0 Å². The predicted molar refractivity (Wildman–Crippen MR) is 43.4 cm³/mol. The molecule has 0 heterocycles. The molecule has 0 rings (SSSR count). The van der Waals surface area contributed by atoms with Gasteiger partial charge in [-0.15, -0.1) is 0 Å². The van der Waals surface area contributed by atoms with Crippen LogP contribution in [0.1, 0.15) is 26.2 Å². The Morgan fingerprint density at radius 2 is 1.53 bits per heavy atom. The zero-order chi connectivity index (χ0) is 12.1. The lowest BCUT2D eigenvalue weighted by atomic mass is 10.2. The molecule has 7 heteroatoms. The van der Waals surface area contributed by atoms with Crippen LogP contribution in [-0.4, -0.2) is 24.9 Å². The number of nitrogens with one attached hydrogen (secondary N) is 1. The van der Waals surface area contributed by atoms with E-state index >= 15 is 0 Å². The van der Waals surface area contributed by atoms with E-state index in [0.717, 1.165) is 0 Å². The van der Waals surface area contributed by atoms with Gasteiger partial charge in [-0.2, -0.15) is 26.3 Å². The summed E-state index contributed by atoms with van der Waals surface area (Å²) in [6.07, 6.45) is -10.7. The molecular weight excluding hydrogens is 224 g/mol. The summed E-state index contributed by atoms with van der Waals surface area (Å²) in [7, 11) is 0. The Balaban J connectivity index is 3.52. The average Bonchev–Trinajstić information content (AvgIpc) is 1.92. The third-order valence-corrected chi connectivity index (χ3v) is 1.67. The second kappa shape index (κ2) is 5.58. The first-order valence-electron chi connectivity index (χ1n) is 4.47. The second-order valence-corrected chi connectivity index (χ2v) is 3.39. The molecule has 0 aromatic heterocycles. The SMILES string of the molecule is CC(CC(F)(F)F)NCCCC(F)(F)F. The Morgan fingerprint density at radius 3 is 1.93 bits per heavy atom. The maximum Gasteiger partial charge on any atom is 0.390 e. The number of hydrogen-bond acceptors (Lipinski definition) is 1. The van der Waals surface area contributed by atoms with Crippen LogP contribution in [0.2, 0.25) is 0 Å². The van der Waals surface area contributed by atoms with Crippen molar-refractivity contribution in [2.75, 3.05) is 6.54 Å². The maximum atomic E-state index is 11.8. The molecule has 0 spiro atoms. The second-order valence-electron chi connectivity index (χ2n) is 3.39. The van der Waals surface area contributed by atoms with Crippen molar-refractivity contribution in [1.29, 1.82) is 0 Å². The number of halogens is 6. The molecule has 0 aromatic rings. The summed E-state index contributed by atoms with van der Waals surface area (Å²) < 4.78 is 70.3. The Morgan fingerprint density at radius 1 is 1.00 bits per heavy atom. The minimum atomic E-state index is -4.28. The van der Waals surface area contributed by atoms with Crippen molar-refractivity contribution >= 4 is 0 Å². The monoisotopic (exact) mass is 237 g/mol. The molecule has 1 N–H and O–H groups in total. The summed E-state index contributed by atoms with van der Waals surface area (Å²) in [4.78, 5) is 0. The van der Waals surface area contributed by atoms with E-state index in [1.165, 1.54) is 6.92 Å². The zero-order valence-electron chi connectivity index (χ0n) is 8.17. The fourth-order valence-corrected chi connectivity index (χ4v) is 1.06. The van der Waals surface area contributed by atoms with Gasteiger partial charge in [-0.1, -0.05) is 0 Å². The van der Waals surface area contributed by atoms with Gasteiger partial charge in [-0.3, -0.25) is 0 Å². The van der Waals surface area contributed by atoms with Gasteiger partial charge in [0.1, 0.15) is 0 Å². The molecule has 0 amide bonds. The first-order chi connectivity index (χ1) is 6.60. The van der Waals surface area contributed by atoms with Gasteiger partial charge in [0, 0.05) is 12.5 Å². The maximum absolute atomic E-state index is 11.8. The van der Waals surface area contributed by atoms with Crippen LogP contribution >= 0.6 is 0 Å². The van der Waals surface area contributed by atoms with Crippen LogP contribution in [0.5, 0.6) is 0 Å². The Hall–Kier alpha value is -0.460. The minimum absolute atomic E-state index is 0.0588. The van der Waals surface area contributed by atoms with Crippen molar-refractivity contribution in [3.63, 3.8) is 0 Å². The molecule has 15 heavy (non-hydrogen) atoms. The molecule has 1 atom stereocenters. The molecule has 1 nitrogen and oxygen atoms in total. The molecule has 0 radical (unpaired) electrons. The summed E-state index contributed by atoms with van der Waals surface area (Å²) in [5.74, 6) is 0. The quantitative estimate of drug-likeness (QED) is 0.571. The lowest BCUT2D eigenvalue weighted by Gasteiger charge is -2.15. The summed E-state index contributed by atoms with van der Waals surface area (Å²) in [5, 5.41) is 2.39. The Bertz CT molecular complexity index is 173. The van der Waals surface area contributed by atoms with Crippen LogP contribution in [0.4, 0.5) is 26.3 Å². The molecule has 0 fully saturated rings. The molecule has 0 saturated heterocycles. The van der Waals surface area contributed by atoms with Gasteiger partial charge in [-0.25, -0.2) is 0 Å². The first kappa shape index (κ1) is 14.5. The Kier molecular flexibility index (Phi) is 5.41. The molecule has 1 unspecified atom stereocenters. The third-order valence-electron chi connectivity index (χ3n) is 1.67. The van der Waals surface area contributed by atoms with E-state index in [4.69, 9.17) is 0 Å². The van der Waals surface area contributed by atoms with Crippen molar-refractivity contribution < 1.29 is 26.3 Å². The van der Waals surface area contributed by atoms with E-state index in [2.05, 4.69) is 5.32 Å². The highest BCUT2D eigenvalue weighted by molar-refractivity contribution is 4.66. The zero-order valence-corrected chi connectivity index (χ0v) is 8.17. The predicted octanol–water partition coefficient (Wildman–Crippen LogP) is 3.26. The van der Waals surface area contributed by atoms with E-state index in [1.807, 2.05) is 0 Å². The molecule has 0 bridgehead atoms. The standard InChI is InChI=1S/C8H13F6N/c1-6(5-8(12,13)14)15-4-2-3-7(9,10)11/h6,15H,2-5H2,1H3. The highest BCUT2D eigenvalue weighted by Crippen LogP contribution is 2.22. The first-order valence-corrected chi connectivity index (χ1v) is 4.47. The Labute approximate surface area is 83.8 Å². The van der Waals surface area contributed by atoms with Crippen LogP contribution < -0.4 is 5.32 Å². The summed E-state index contributed by atoms with van der Waals surface area (Å²) >= 11 is 0. The van der Waals surface area contributed by atoms with Crippen molar-refractivity contribution in [3.8, 4) is 0 Å². The van der Waals surface area contributed by atoms with Crippen molar-refractivity contribution in [3.05, 3.63) is 0 Å². The summed E-state index contributed by atoms with van der Waals surface area (Å²) in [6.45, 7) is 1.23. The smallest absolute Gasteiger partial charge is 0.314 e. The van der Waals surface area contributed by atoms with Gasteiger partial charge in [0.2, 0.25) is 0 Å². The van der Waals surface area contributed by atoms with E-state index < -0.39 is 31.2 Å². The summed E-state index contributed by atoms with van der Waals surface area (Å²) in [5.41, 5.74) is 0. The molecule has 0 aliphatic carbocycles. The van der Waals surface area contributed by atoms with Crippen molar-refractivity contribution in [2.24, 2.45) is 0 Å². The highest BCUT2D eigenvalue weighted by atomic mass is 19.4.